The molecule has 114 valence electrons. The molecule has 2 aliphatic carbocycles. The average Bonchev–Trinajstić information content (AvgIpc) is 2.95. The molecule has 0 bridgehead atoms. The van der Waals surface area contributed by atoms with Crippen molar-refractivity contribution in [2.75, 3.05) is 0 Å². The van der Waals surface area contributed by atoms with Crippen LogP contribution in [0.3, 0.4) is 0 Å². The first kappa shape index (κ1) is 15.1. The van der Waals surface area contributed by atoms with Crippen molar-refractivity contribution in [3.63, 3.8) is 0 Å². The van der Waals surface area contributed by atoms with Gasteiger partial charge in [-0.2, -0.15) is 0 Å². The number of amides is 1. The molecule has 0 spiro atoms. The van der Waals surface area contributed by atoms with Gasteiger partial charge in [0.2, 0.25) is 5.91 Å². The van der Waals surface area contributed by atoms with Crippen LogP contribution in [0.15, 0.2) is 5.16 Å². The van der Waals surface area contributed by atoms with E-state index in [4.69, 9.17) is 10.9 Å². The van der Waals surface area contributed by atoms with Crippen LogP contribution in [-0.4, -0.2) is 22.5 Å². The first-order valence-corrected chi connectivity index (χ1v) is 7.95. The van der Waals surface area contributed by atoms with Crippen molar-refractivity contribution >= 4 is 11.7 Å². The van der Waals surface area contributed by atoms with E-state index in [1.165, 1.54) is 32.1 Å². The number of rotatable bonds is 5. The zero-order valence-corrected chi connectivity index (χ0v) is 12.2. The number of hydrogen-bond acceptors (Lipinski definition) is 3. The summed E-state index contributed by atoms with van der Waals surface area (Å²) in [6.07, 6.45) is 11.6. The maximum atomic E-state index is 12.2. The first-order chi connectivity index (χ1) is 9.66. The summed E-state index contributed by atoms with van der Waals surface area (Å²) in [5.74, 6) is 0.906. The lowest BCUT2D eigenvalue weighted by Crippen LogP contribution is -2.55. The summed E-state index contributed by atoms with van der Waals surface area (Å²) < 4.78 is 0. The Hall–Kier alpha value is -1.26. The molecular formula is C15H27N3O2. The molecule has 0 aliphatic heterocycles. The van der Waals surface area contributed by atoms with Crippen LogP contribution in [0.1, 0.15) is 70.6 Å². The topological polar surface area (TPSA) is 87.7 Å². The molecule has 0 atom stereocenters. The van der Waals surface area contributed by atoms with E-state index in [9.17, 15) is 4.79 Å². The zero-order valence-electron chi connectivity index (χ0n) is 12.2. The molecule has 2 saturated carbocycles. The van der Waals surface area contributed by atoms with Gasteiger partial charge < -0.3 is 16.3 Å². The second-order valence-corrected chi connectivity index (χ2v) is 6.37. The number of nitrogens with one attached hydrogen (secondary N) is 1. The van der Waals surface area contributed by atoms with E-state index < -0.39 is 5.54 Å². The van der Waals surface area contributed by atoms with E-state index >= 15 is 0 Å². The Morgan fingerprint density at radius 1 is 1.20 bits per heavy atom. The van der Waals surface area contributed by atoms with Gasteiger partial charge in [-0.15, -0.1) is 0 Å². The summed E-state index contributed by atoms with van der Waals surface area (Å²) in [7, 11) is 0. The minimum absolute atomic E-state index is 0.0454. The third-order valence-corrected chi connectivity index (χ3v) is 4.94. The van der Waals surface area contributed by atoms with Gasteiger partial charge in [0.25, 0.3) is 0 Å². The third kappa shape index (κ3) is 3.64. The Balaban J connectivity index is 1.82. The lowest BCUT2D eigenvalue weighted by molar-refractivity contribution is -0.122. The fourth-order valence-corrected chi connectivity index (χ4v) is 3.66. The van der Waals surface area contributed by atoms with E-state index in [1.54, 1.807) is 0 Å². The Kier molecular flexibility index (Phi) is 5.26. The second kappa shape index (κ2) is 6.95. The van der Waals surface area contributed by atoms with Gasteiger partial charge in [-0.1, -0.05) is 50.1 Å². The molecule has 20 heavy (non-hydrogen) atoms. The van der Waals surface area contributed by atoms with Crippen molar-refractivity contribution in [3.05, 3.63) is 0 Å². The summed E-state index contributed by atoms with van der Waals surface area (Å²) in [5.41, 5.74) is 5.19. The molecule has 0 aromatic heterocycles. The van der Waals surface area contributed by atoms with Crippen LogP contribution in [0.2, 0.25) is 0 Å². The largest absolute Gasteiger partial charge is 0.409 e. The van der Waals surface area contributed by atoms with E-state index in [-0.39, 0.29) is 11.7 Å². The summed E-state index contributed by atoms with van der Waals surface area (Å²) in [5, 5.41) is 15.1. The molecule has 4 N–H and O–H groups in total. The SMILES string of the molecule is N/C(=N/O)C1(NC(=O)CCC2CCCCC2)CCCC1. The summed E-state index contributed by atoms with van der Waals surface area (Å²) in [4.78, 5) is 12.2. The number of carbonyl (C=O) groups is 1. The van der Waals surface area contributed by atoms with Crippen molar-refractivity contribution in [3.8, 4) is 0 Å². The Morgan fingerprint density at radius 3 is 2.45 bits per heavy atom. The van der Waals surface area contributed by atoms with Crippen molar-refractivity contribution in [1.29, 1.82) is 0 Å². The van der Waals surface area contributed by atoms with Gasteiger partial charge in [0.05, 0.1) is 0 Å². The van der Waals surface area contributed by atoms with Crippen LogP contribution in [0.25, 0.3) is 0 Å². The zero-order chi connectivity index (χ0) is 14.4. The van der Waals surface area contributed by atoms with Crippen LogP contribution >= 0.6 is 0 Å². The quantitative estimate of drug-likeness (QED) is 0.313. The third-order valence-electron chi connectivity index (χ3n) is 4.94. The second-order valence-electron chi connectivity index (χ2n) is 6.37. The highest BCUT2D eigenvalue weighted by molar-refractivity contribution is 5.94. The normalized spacial score (nSPS) is 23.7. The summed E-state index contributed by atoms with van der Waals surface area (Å²) in [6.45, 7) is 0. The lowest BCUT2D eigenvalue weighted by atomic mass is 9.86. The van der Waals surface area contributed by atoms with E-state index in [1.807, 2.05) is 0 Å². The highest BCUT2D eigenvalue weighted by atomic mass is 16.4. The van der Waals surface area contributed by atoms with Gasteiger partial charge >= 0.3 is 0 Å². The molecule has 0 heterocycles. The predicted octanol–water partition coefficient (Wildman–Crippen LogP) is 2.52. The number of nitrogens with two attached hydrogens (primary N) is 1. The van der Waals surface area contributed by atoms with Gasteiger partial charge in [0.1, 0.15) is 5.54 Å². The van der Waals surface area contributed by atoms with Crippen molar-refractivity contribution in [2.24, 2.45) is 16.8 Å². The van der Waals surface area contributed by atoms with Crippen molar-refractivity contribution < 1.29 is 10.0 Å². The van der Waals surface area contributed by atoms with Gasteiger partial charge in [0, 0.05) is 6.42 Å². The summed E-state index contributed by atoms with van der Waals surface area (Å²) >= 11 is 0. The van der Waals surface area contributed by atoms with E-state index in [0.717, 1.165) is 32.1 Å². The number of nitrogens with zero attached hydrogens (tertiary/aromatic N) is 1. The maximum absolute atomic E-state index is 12.2. The smallest absolute Gasteiger partial charge is 0.220 e. The predicted molar refractivity (Wildman–Crippen MR) is 78.6 cm³/mol. The molecule has 5 nitrogen and oxygen atoms in total. The molecule has 0 aromatic rings. The molecule has 0 radical (unpaired) electrons. The Labute approximate surface area is 121 Å². The van der Waals surface area contributed by atoms with Crippen LogP contribution in [-0.2, 0) is 4.79 Å². The van der Waals surface area contributed by atoms with Crippen LogP contribution in [0.5, 0.6) is 0 Å². The number of amidine groups is 1. The molecule has 2 fully saturated rings. The average molecular weight is 281 g/mol. The molecule has 0 unspecified atom stereocenters. The number of carbonyl (C=O) groups excluding carboxylic acids is 1. The minimum atomic E-state index is -0.599. The van der Waals surface area contributed by atoms with Gasteiger partial charge in [-0.05, 0) is 25.2 Å². The fourth-order valence-electron chi connectivity index (χ4n) is 3.66. The minimum Gasteiger partial charge on any atom is -0.409 e. The molecular weight excluding hydrogens is 254 g/mol. The first-order valence-electron chi connectivity index (χ1n) is 7.95. The van der Waals surface area contributed by atoms with Crippen molar-refractivity contribution in [2.45, 2.75) is 76.2 Å². The molecule has 0 saturated heterocycles. The van der Waals surface area contributed by atoms with E-state index in [0.29, 0.717) is 12.3 Å². The van der Waals surface area contributed by atoms with E-state index in [2.05, 4.69) is 10.5 Å². The van der Waals surface area contributed by atoms with Crippen LogP contribution < -0.4 is 11.1 Å². The Morgan fingerprint density at radius 2 is 1.85 bits per heavy atom. The monoisotopic (exact) mass is 281 g/mol. The lowest BCUT2D eigenvalue weighted by Gasteiger charge is -2.29. The fraction of sp³-hybridized carbons (Fsp3) is 0.867. The molecule has 2 aliphatic rings. The summed E-state index contributed by atoms with van der Waals surface area (Å²) in [6, 6.07) is 0. The number of oxime groups is 1. The van der Waals surface area contributed by atoms with Gasteiger partial charge in [-0.3, -0.25) is 4.79 Å². The van der Waals surface area contributed by atoms with Gasteiger partial charge in [0.15, 0.2) is 5.84 Å². The Bertz CT molecular complexity index is 356. The van der Waals surface area contributed by atoms with Crippen LogP contribution in [0, 0.1) is 5.92 Å². The number of hydrogen-bond donors (Lipinski definition) is 3. The maximum Gasteiger partial charge on any atom is 0.220 e. The van der Waals surface area contributed by atoms with Gasteiger partial charge in [-0.25, -0.2) is 0 Å². The molecule has 0 aromatic carbocycles. The van der Waals surface area contributed by atoms with Crippen LogP contribution in [0.4, 0.5) is 0 Å². The highest BCUT2D eigenvalue weighted by Crippen LogP contribution is 2.31. The standard InChI is InChI=1S/C15H27N3O2/c16-14(18-20)15(10-4-5-11-15)17-13(19)9-8-12-6-2-1-3-7-12/h12,20H,1-11H2,(H2,16,18)(H,17,19). The van der Waals surface area contributed by atoms with Crippen molar-refractivity contribution in [1.82, 2.24) is 5.32 Å². The molecule has 2 rings (SSSR count). The molecule has 5 heteroatoms. The molecule has 1 amide bonds. The highest BCUT2D eigenvalue weighted by Gasteiger charge is 2.39.